The van der Waals surface area contributed by atoms with Crippen molar-refractivity contribution >= 4 is 0 Å². The molecule has 0 radical (unpaired) electrons. The van der Waals surface area contributed by atoms with Crippen LogP contribution in [0.1, 0.15) is 39.2 Å². The molecule has 1 aromatic carbocycles. The zero-order valence-corrected chi connectivity index (χ0v) is 13.2. The Morgan fingerprint density at radius 2 is 1.79 bits per heavy atom. The van der Waals surface area contributed by atoms with Crippen LogP contribution in [0.2, 0.25) is 0 Å². The first kappa shape index (κ1) is 16.2. The van der Waals surface area contributed by atoms with E-state index in [-0.39, 0.29) is 5.41 Å². The second-order valence-electron chi connectivity index (χ2n) is 6.47. The lowest BCUT2D eigenvalue weighted by molar-refractivity contribution is 0.362. The van der Waals surface area contributed by atoms with Gasteiger partial charge >= 0.3 is 0 Å². The van der Waals surface area contributed by atoms with E-state index >= 15 is 0 Å². The molecular formula is C17H30N2. The van der Waals surface area contributed by atoms with Crippen molar-refractivity contribution in [1.29, 1.82) is 0 Å². The van der Waals surface area contributed by atoms with Crippen LogP contribution >= 0.6 is 0 Å². The fourth-order valence-corrected chi connectivity index (χ4v) is 2.59. The molecule has 0 aromatic heterocycles. The van der Waals surface area contributed by atoms with Crippen LogP contribution in [-0.2, 0) is 5.41 Å². The molecule has 1 N–H and O–H groups in total. The highest BCUT2D eigenvalue weighted by Gasteiger charge is 2.22. The van der Waals surface area contributed by atoms with Gasteiger partial charge in [-0.25, -0.2) is 0 Å². The third-order valence-electron chi connectivity index (χ3n) is 3.65. The predicted octanol–water partition coefficient (Wildman–Crippen LogP) is 3.28. The number of nitrogens with zero attached hydrogens (tertiary/aromatic N) is 1. The van der Waals surface area contributed by atoms with Crippen LogP contribution in [-0.4, -0.2) is 38.1 Å². The molecule has 0 amide bonds. The van der Waals surface area contributed by atoms with Crippen molar-refractivity contribution in [3.05, 3.63) is 35.9 Å². The summed E-state index contributed by atoms with van der Waals surface area (Å²) in [6.07, 6.45) is 2.38. The average Bonchev–Trinajstić information content (AvgIpc) is 2.35. The van der Waals surface area contributed by atoms with Gasteiger partial charge in [0.1, 0.15) is 0 Å². The first-order chi connectivity index (χ1) is 8.92. The smallest absolute Gasteiger partial charge is 0.00470 e. The van der Waals surface area contributed by atoms with E-state index in [9.17, 15) is 0 Å². The van der Waals surface area contributed by atoms with Crippen LogP contribution in [0.4, 0.5) is 0 Å². The highest BCUT2D eigenvalue weighted by molar-refractivity contribution is 5.23. The first-order valence-electron chi connectivity index (χ1n) is 7.35. The van der Waals surface area contributed by atoms with Gasteiger partial charge in [-0.2, -0.15) is 0 Å². The monoisotopic (exact) mass is 262 g/mol. The van der Waals surface area contributed by atoms with Gasteiger partial charge < -0.3 is 10.2 Å². The summed E-state index contributed by atoms with van der Waals surface area (Å²) in [5.41, 5.74) is 1.66. The second kappa shape index (κ2) is 7.66. The maximum Gasteiger partial charge on any atom is 0.00470 e. The third-order valence-corrected chi connectivity index (χ3v) is 3.65. The van der Waals surface area contributed by atoms with E-state index < -0.39 is 0 Å². The molecule has 1 unspecified atom stereocenters. The van der Waals surface area contributed by atoms with Crippen LogP contribution in [0.15, 0.2) is 30.3 Å². The van der Waals surface area contributed by atoms with Gasteiger partial charge in [-0.15, -0.1) is 0 Å². The molecule has 1 rings (SSSR count). The summed E-state index contributed by atoms with van der Waals surface area (Å²) in [6.45, 7) is 9.22. The van der Waals surface area contributed by atoms with Crippen molar-refractivity contribution < 1.29 is 0 Å². The van der Waals surface area contributed by atoms with Gasteiger partial charge in [-0.1, -0.05) is 44.2 Å². The van der Waals surface area contributed by atoms with Crippen LogP contribution < -0.4 is 5.32 Å². The van der Waals surface area contributed by atoms with E-state index in [0.717, 1.165) is 13.1 Å². The molecule has 19 heavy (non-hydrogen) atoms. The van der Waals surface area contributed by atoms with E-state index in [1.807, 2.05) is 0 Å². The zero-order valence-electron chi connectivity index (χ0n) is 13.2. The molecule has 0 saturated heterocycles. The summed E-state index contributed by atoms with van der Waals surface area (Å²) in [5, 5.41) is 3.64. The molecule has 1 aromatic rings. The normalized spacial score (nSPS) is 13.8. The van der Waals surface area contributed by atoms with Crippen molar-refractivity contribution in [1.82, 2.24) is 10.2 Å². The minimum atomic E-state index is 0.231. The summed E-state index contributed by atoms with van der Waals surface area (Å²) in [5.74, 6) is 0. The lowest BCUT2D eigenvalue weighted by Crippen LogP contribution is -2.34. The van der Waals surface area contributed by atoms with Crippen molar-refractivity contribution in [3.8, 4) is 0 Å². The lowest BCUT2D eigenvalue weighted by Gasteiger charge is -2.29. The first-order valence-corrected chi connectivity index (χ1v) is 7.35. The Labute approximate surface area is 119 Å². The van der Waals surface area contributed by atoms with E-state index in [1.54, 1.807) is 0 Å². The summed E-state index contributed by atoms with van der Waals surface area (Å²) in [7, 11) is 4.25. The van der Waals surface area contributed by atoms with E-state index in [2.05, 4.69) is 75.4 Å². The third kappa shape index (κ3) is 6.22. The van der Waals surface area contributed by atoms with Gasteiger partial charge in [0.15, 0.2) is 0 Å². The summed E-state index contributed by atoms with van der Waals surface area (Å²) in [6, 6.07) is 11.4. The molecule has 0 spiro atoms. The quantitative estimate of drug-likeness (QED) is 0.723. The Morgan fingerprint density at radius 1 is 1.16 bits per heavy atom. The van der Waals surface area contributed by atoms with E-state index in [4.69, 9.17) is 0 Å². The largest absolute Gasteiger partial charge is 0.314 e. The van der Waals surface area contributed by atoms with Crippen LogP contribution in [0.5, 0.6) is 0 Å². The standard InChI is InChI=1S/C17H30N2/c1-15(18-12-9-13-19(4)5)14-17(2,3)16-10-7-6-8-11-16/h6-8,10-11,15,18H,9,12-14H2,1-5H3. The molecule has 0 aliphatic heterocycles. The molecule has 108 valence electrons. The fraction of sp³-hybridized carbons (Fsp3) is 0.647. The predicted molar refractivity (Wildman–Crippen MR) is 84.7 cm³/mol. The SMILES string of the molecule is CC(CC(C)(C)c1ccccc1)NCCCN(C)C. The number of rotatable bonds is 8. The molecule has 0 aliphatic rings. The van der Waals surface area contributed by atoms with Gasteiger partial charge in [0, 0.05) is 6.04 Å². The van der Waals surface area contributed by atoms with Crippen molar-refractivity contribution in [2.75, 3.05) is 27.2 Å². The number of hydrogen-bond donors (Lipinski definition) is 1. The highest BCUT2D eigenvalue weighted by atomic mass is 15.1. The topological polar surface area (TPSA) is 15.3 Å². The number of hydrogen-bond acceptors (Lipinski definition) is 2. The molecule has 1 atom stereocenters. The average molecular weight is 262 g/mol. The Bertz CT molecular complexity index is 344. The van der Waals surface area contributed by atoms with Gasteiger partial charge in [0.25, 0.3) is 0 Å². The lowest BCUT2D eigenvalue weighted by atomic mass is 9.79. The molecule has 0 fully saturated rings. The summed E-state index contributed by atoms with van der Waals surface area (Å²) in [4.78, 5) is 2.24. The molecule has 0 bridgehead atoms. The van der Waals surface area contributed by atoms with Gasteiger partial charge in [-0.3, -0.25) is 0 Å². The van der Waals surface area contributed by atoms with Crippen LogP contribution in [0.25, 0.3) is 0 Å². The van der Waals surface area contributed by atoms with Crippen LogP contribution in [0, 0.1) is 0 Å². The Balaban J connectivity index is 2.37. The van der Waals surface area contributed by atoms with Crippen LogP contribution in [0.3, 0.4) is 0 Å². The van der Waals surface area contributed by atoms with Crippen molar-refractivity contribution in [2.45, 2.75) is 45.1 Å². The minimum Gasteiger partial charge on any atom is -0.314 e. The van der Waals surface area contributed by atoms with Gasteiger partial charge in [-0.05, 0) is 57.9 Å². The van der Waals surface area contributed by atoms with E-state index in [1.165, 1.54) is 18.4 Å². The molecule has 0 saturated carbocycles. The Hall–Kier alpha value is -0.860. The Kier molecular flexibility index (Phi) is 6.53. The number of nitrogens with one attached hydrogen (secondary N) is 1. The van der Waals surface area contributed by atoms with Crippen molar-refractivity contribution in [3.63, 3.8) is 0 Å². The van der Waals surface area contributed by atoms with Gasteiger partial charge in [0.05, 0.1) is 0 Å². The maximum atomic E-state index is 3.64. The van der Waals surface area contributed by atoms with Gasteiger partial charge in [0.2, 0.25) is 0 Å². The number of benzene rings is 1. The minimum absolute atomic E-state index is 0.231. The second-order valence-corrected chi connectivity index (χ2v) is 6.47. The molecule has 2 nitrogen and oxygen atoms in total. The van der Waals surface area contributed by atoms with E-state index in [0.29, 0.717) is 6.04 Å². The highest BCUT2D eigenvalue weighted by Crippen LogP contribution is 2.27. The summed E-state index contributed by atoms with van der Waals surface area (Å²) < 4.78 is 0. The molecular weight excluding hydrogens is 232 g/mol. The molecule has 2 heteroatoms. The summed E-state index contributed by atoms with van der Waals surface area (Å²) >= 11 is 0. The molecule has 0 heterocycles. The maximum absolute atomic E-state index is 3.64. The molecule has 0 aliphatic carbocycles. The zero-order chi connectivity index (χ0) is 14.3. The fourth-order valence-electron chi connectivity index (χ4n) is 2.59. The van der Waals surface area contributed by atoms with Crippen molar-refractivity contribution in [2.24, 2.45) is 0 Å². The Morgan fingerprint density at radius 3 is 2.37 bits per heavy atom.